The molecule has 1 aliphatic rings. The third kappa shape index (κ3) is 1.83. The Morgan fingerprint density at radius 1 is 1.69 bits per heavy atom. The van der Waals surface area contributed by atoms with E-state index in [1.807, 2.05) is 13.0 Å². The molecule has 1 saturated heterocycles. The second-order valence-electron chi connectivity index (χ2n) is 3.60. The summed E-state index contributed by atoms with van der Waals surface area (Å²) in [4.78, 5) is 2.25. The summed E-state index contributed by atoms with van der Waals surface area (Å²) in [5.74, 6) is 1.84. The number of anilines is 1. The van der Waals surface area contributed by atoms with E-state index >= 15 is 0 Å². The minimum Gasteiger partial charge on any atom is -0.360 e. The standard InChI is InChI=1S/C9H15N3O/c1-7-6-12(4-3-10-7)9-5-8(2)13-11-9/h5,7,10H,3-4,6H2,1-2H3. The highest BCUT2D eigenvalue weighted by atomic mass is 16.5. The quantitative estimate of drug-likeness (QED) is 0.695. The zero-order chi connectivity index (χ0) is 9.26. The van der Waals surface area contributed by atoms with Crippen molar-refractivity contribution < 1.29 is 4.52 Å². The first kappa shape index (κ1) is 8.56. The number of nitrogens with one attached hydrogen (secondary N) is 1. The van der Waals surface area contributed by atoms with E-state index in [2.05, 4.69) is 22.3 Å². The fourth-order valence-electron chi connectivity index (χ4n) is 1.64. The zero-order valence-corrected chi connectivity index (χ0v) is 8.08. The molecule has 1 aliphatic heterocycles. The summed E-state index contributed by atoms with van der Waals surface area (Å²) in [5.41, 5.74) is 0. The van der Waals surface area contributed by atoms with Crippen LogP contribution in [0.3, 0.4) is 0 Å². The van der Waals surface area contributed by atoms with Gasteiger partial charge < -0.3 is 14.7 Å². The Bertz CT molecular complexity index is 284. The van der Waals surface area contributed by atoms with Crippen molar-refractivity contribution in [3.8, 4) is 0 Å². The van der Waals surface area contributed by atoms with Crippen molar-refractivity contribution in [1.82, 2.24) is 10.5 Å². The van der Waals surface area contributed by atoms with Gasteiger partial charge in [-0.05, 0) is 13.8 Å². The smallest absolute Gasteiger partial charge is 0.172 e. The average molecular weight is 181 g/mol. The van der Waals surface area contributed by atoms with Gasteiger partial charge in [0.2, 0.25) is 0 Å². The molecule has 0 aromatic carbocycles. The summed E-state index contributed by atoms with van der Waals surface area (Å²) in [5, 5.41) is 7.39. The molecule has 0 radical (unpaired) electrons. The van der Waals surface area contributed by atoms with Crippen LogP contribution in [0.2, 0.25) is 0 Å². The normalized spacial score (nSPS) is 23.5. The molecule has 1 aromatic heterocycles. The summed E-state index contributed by atoms with van der Waals surface area (Å²) in [6.07, 6.45) is 0. The van der Waals surface area contributed by atoms with Gasteiger partial charge in [0.05, 0.1) is 0 Å². The SMILES string of the molecule is Cc1cc(N2CCNC(C)C2)no1. The average Bonchev–Trinajstić information content (AvgIpc) is 2.52. The topological polar surface area (TPSA) is 41.3 Å². The van der Waals surface area contributed by atoms with Crippen molar-refractivity contribution in [2.45, 2.75) is 19.9 Å². The van der Waals surface area contributed by atoms with Gasteiger partial charge >= 0.3 is 0 Å². The molecule has 4 nitrogen and oxygen atoms in total. The van der Waals surface area contributed by atoms with Crippen molar-refractivity contribution in [2.75, 3.05) is 24.5 Å². The predicted octanol–water partition coefficient (Wildman–Crippen LogP) is 0.781. The summed E-state index contributed by atoms with van der Waals surface area (Å²) in [7, 11) is 0. The van der Waals surface area contributed by atoms with Crippen LogP contribution in [0, 0.1) is 6.92 Å². The van der Waals surface area contributed by atoms with Crippen LogP contribution in [0.4, 0.5) is 5.82 Å². The van der Waals surface area contributed by atoms with E-state index in [9.17, 15) is 0 Å². The Morgan fingerprint density at radius 3 is 3.15 bits per heavy atom. The van der Waals surface area contributed by atoms with Crippen molar-refractivity contribution in [1.29, 1.82) is 0 Å². The number of hydrogen-bond donors (Lipinski definition) is 1. The maximum atomic E-state index is 5.04. The van der Waals surface area contributed by atoms with Crippen LogP contribution in [-0.4, -0.2) is 30.8 Å². The van der Waals surface area contributed by atoms with Gasteiger partial charge in [0.25, 0.3) is 0 Å². The minimum absolute atomic E-state index is 0.533. The monoisotopic (exact) mass is 181 g/mol. The van der Waals surface area contributed by atoms with Gasteiger partial charge in [-0.3, -0.25) is 0 Å². The fraction of sp³-hybridized carbons (Fsp3) is 0.667. The molecule has 0 bridgehead atoms. The fourth-order valence-corrected chi connectivity index (χ4v) is 1.64. The first-order valence-electron chi connectivity index (χ1n) is 4.67. The molecule has 0 saturated carbocycles. The first-order chi connectivity index (χ1) is 6.25. The highest BCUT2D eigenvalue weighted by Gasteiger charge is 2.17. The molecule has 4 heteroatoms. The van der Waals surface area contributed by atoms with Gasteiger partial charge in [-0.1, -0.05) is 5.16 Å². The maximum Gasteiger partial charge on any atom is 0.172 e. The number of aromatic nitrogens is 1. The van der Waals surface area contributed by atoms with Crippen molar-refractivity contribution in [3.63, 3.8) is 0 Å². The van der Waals surface area contributed by atoms with E-state index < -0.39 is 0 Å². The van der Waals surface area contributed by atoms with E-state index in [0.717, 1.165) is 31.2 Å². The van der Waals surface area contributed by atoms with Crippen molar-refractivity contribution >= 4 is 5.82 Å². The second kappa shape index (κ2) is 3.38. The Kier molecular flexibility index (Phi) is 2.22. The van der Waals surface area contributed by atoms with Crippen LogP contribution >= 0.6 is 0 Å². The van der Waals surface area contributed by atoms with E-state index in [0.29, 0.717) is 6.04 Å². The minimum atomic E-state index is 0.533. The Hall–Kier alpha value is -1.03. The first-order valence-corrected chi connectivity index (χ1v) is 4.67. The molecular weight excluding hydrogens is 166 g/mol. The number of rotatable bonds is 1. The third-order valence-corrected chi connectivity index (χ3v) is 2.31. The van der Waals surface area contributed by atoms with Crippen LogP contribution in [-0.2, 0) is 0 Å². The van der Waals surface area contributed by atoms with E-state index in [1.165, 1.54) is 0 Å². The van der Waals surface area contributed by atoms with Crippen molar-refractivity contribution in [2.24, 2.45) is 0 Å². The van der Waals surface area contributed by atoms with Crippen molar-refractivity contribution in [3.05, 3.63) is 11.8 Å². The summed E-state index contributed by atoms with van der Waals surface area (Å²) >= 11 is 0. The molecule has 2 heterocycles. The summed E-state index contributed by atoms with van der Waals surface area (Å²) < 4.78 is 5.04. The van der Waals surface area contributed by atoms with Gasteiger partial charge in [0.15, 0.2) is 5.82 Å². The highest BCUT2D eigenvalue weighted by Crippen LogP contribution is 2.15. The van der Waals surface area contributed by atoms with Gasteiger partial charge in [-0.2, -0.15) is 0 Å². The molecule has 1 fully saturated rings. The molecular formula is C9H15N3O. The molecule has 13 heavy (non-hydrogen) atoms. The van der Waals surface area contributed by atoms with E-state index in [4.69, 9.17) is 4.52 Å². The van der Waals surface area contributed by atoms with Crippen LogP contribution in [0.25, 0.3) is 0 Å². The molecule has 72 valence electrons. The lowest BCUT2D eigenvalue weighted by Crippen LogP contribution is -2.49. The third-order valence-electron chi connectivity index (χ3n) is 2.31. The maximum absolute atomic E-state index is 5.04. The van der Waals surface area contributed by atoms with Gasteiger partial charge in [-0.15, -0.1) is 0 Å². The van der Waals surface area contributed by atoms with E-state index in [1.54, 1.807) is 0 Å². The number of hydrogen-bond acceptors (Lipinski definition) is 4. The van der Waals surface area contributed by atoms with Gasteiger partial charge in [0, 0.05) is 31.7 Å². The lowest BCUT2D eigenvalue weighted by atomic mass is 10.2. The van der Waals surface area contributed by atoms with E-state index in [-0.39, 0.29) is 0 Å². The van der Waals surface area contributed by atoms with Gasteiger partial charge in [0.1, 0.15) is 5.76 Å². The molecule has 1 aromatic rings. The number of piperazine rings is 1. The molecule has 1 unspecified atom stereocenters. The molecule has 2 rings (SSSR count). The highest BCUT2D eigenvalue weighted by molar-refractivity contribution is 5.38. The lowest BCUT2D eigenvalue weighted by molar-refractivity contribution is 0.392. The van der Waals surface area contributed by atoms with Crippen LogP contribution < -0.4 is 10.2 Å². The van der Waals surface area contributed by atoms with Gasteiger partial charge in [-0.25, -0.2) is 0 Å². The predicted molar refractivity (Wildman–Crippen MR) is 50.9 cm³/mol. The largest absolute Gasteiger partial charge is 0.360 e. The van der Waals surface area contributed by atoms with Crippen LogP contribution in [0.15, 0.2) is 10.6 Å². The molecule has 0 aliphatic carbocycles. The summed E-state index contributed by atoms with van der Waals surface area (Å²) in [6, 6.07) is 2.52. The number of aryl methyl sites for hydroxylation is 1. The second-order valence-corrected chi connectivity index (χ2v) is 3.60. The zero-order valence-electron chi connectivity index (χ0n) is 8.08. The molecule has 0 spiro atoms. The Morgan fingerprint density at radius 2 is 2.54 bits per heavy atom. The lowest BCUT2D eigenvalue weighted by Gasteiger charge is -2.31. The Labute approximate surface area is 77.9 Å². The van der Waals surface area contributed by atoms with Crippen LogP contribution in [0.5, 0.6) is 0 Å². The molecule has 0 amide bonds. The number of nitrogens with zero attached hydrogens (tertiary/aromatic N) is 2. The molecule has 1 N–H and O–H groups in total. The Balaban J connectivity index is 2.08. The van der Waals surface area contributed by atoms with Crippen LogP contribution in [0.1, 0.15) is 12.7 Å². The molecule has 1 atom stereocenters. The summed E-state index contributed by atoms with van der Waals surface area (Å²) in [6.45, 7) is 7.14.